The number of allylic oxidation sites excluding steroid dienone is 1. The summed E-state index contributed by atoms with van der Waals surface area (Å²) < 4.78 is 5.39. The van der Waals surface area contributed by atoms with Crippen LogP contribution in [0.1, 0.15) is 18.1 Å². The van der Waals surface area contributed by atoms with Gasteiger partial charge in [0.05, 0.1) is 4.92 Å². The predicted molar refractivity (Wildman–Crippen MR) is 131 cm³/mol. The first-order valence-electron chi connectivity index (χ1n) is 10.6. The van der Waals surface area contributed by atoms with Gasteiger partial charge in [-0.25, -0.2) is 4.79 Å². The third-order valence-corrected chi connectivity index (χ3v) is 6.19. The Balaban J connectivity index is 1.63. The molecule has 1 N–H and O–H groups in total. The average Bonchev–Trinajstić information content (AvgIpc) is 2.85. The number of nitro benzene ring substituents is 1. The zero-order valence-corrected chi connectivity index (χ0v) is 19.2. The fraction of sp³-hybridized carbons (Fsp3) is 0.192. The third kappa shape index (κ3) is 8.12. The maximum Gasteiger partial charge on any atom is 0.332 e. The van der Waals surface area contributed by atoms with E-state index in [1.165, 1.54) is 23.1 Å². The SMILES string of the molecule is CC(CSc1ccccc1)/C(=C/C(=O)OCc1ccc([N+](=O)[O-])cc1)NCc1ccccc1. The van der Waals surface area contributed by atoms with Crippen LogP contribution in [0.5, 0.6) is 0 Å². The summed E-state index contributed by atoms with van der Waals surface area (Å²) in [5.41, 5.74) is 2.61. The number of carbonyl (C=O) groups is 1. The minimum absolute atomic E-state index is 0.00196. The molecule has 0 radical (unpaired) electrons. The summed E-state index contributed by atoms with van der Waals surface area (Å²) in [4.78, 5) is 24.0. The molecule has 0 saturated heterocycles. The van der Waals surface area contributed by atoms with Crippen LogP contribution >= 0.6 is 11.8 Å². The Morgan fingerprint density at radius 3 is 2.27 bits per heavy atom. The summed E-state index contributed by atoms with van der Waals surface area (Å²) in [6.45, 7) is 2.72. The van der Waals surface area contributed by atoms with Crippen LogP contribution in [0.25, 0.3) is 0 Å². The predicted octanol–water partition coefficient (Wildman–Crippen LogP) is 5.74. The first-order valence-corrected chi connectivity index (χ1v) is 11.6. The molecule has 33 heavy (non-hydrogen) atoms. The van der Waals surface area contributed by atoms with Crippen molar-refractivity contribution in [2.45, 2.75) is 25.0 Å². The molecule has 0 bridgehead atoms. The zero-order valence-electron chi connectivity index (χ0n) is 18.3. The highest BCUT2D eigenvalue weighted by Gasteiger charge is 2.13. The van der Waals surface area contributed by atoms with Gasteiger partial charge in [-0.3, -0.25) is 10.1 Å². The van der Waals surface area contributed by atoms with Gasteiger partial charge in [0.2, 0.25) is 0 Å². The van der Waals surface area contributed by atoms with Crippen LogP contribution in [0, 0.1) is 16.0 Å². The molecule has 1 atom stereocenters. The van der Waals surface area contributed by atoms with Gasteiger partial charge >= 0.3 is 5.97 Å². The highest BCUT2D eigenvalue weighted by molar-refractivity contribution is 7.99. The van der Waals surface area contributed by atoms with E-state index in [0.717, 1.165) is 17.0 Å². The smallest absolute Gasteiger partial charge is 0.332 e. The van der Waals surface area contributed by atoms with Gasteiger partial charge in [0, 0.05) is 47.0 Å². The van der Waals surface area contributed by atoms with Crippen LogP contribution in [-0.2, 0) is 22.7 Å². The Labute approximate surface area is 197 Å². The average molecular weight is 463 g/mol. The topological polar surface area (TPSA) is 81.5 Å². The van der Waals surface area contributed by atoms with E-state index in [1.807, 2.05) is 48.5 Å². The van der Waals surface area contributed by atoms with Crippen molar-refractivity contribution in [2.24, 2.45) is 5.92 Å². The second-order valence-corrected chi connectivity index (χ2v) is 8.59. The van der Waals surface area contributed by atoms with Crippen LogP contribution in [0.3, 0.4) is 0 Å². The molecule has 0 fully saturated rings. The van der Waals surface area contributed by atoms with E-state index < -0.39 is 10.9 Å². The van der Waals surface area contributed by atoms with E-state index in [-0.39, 0.29) is 18.2 Å². The summed E-state index contributed by atoms with van der Waals surface area (Å²) in [5.74, 6) is 0.430. The number of ether oxygens (including phenoxy) is 1. The summed E-state index contributed by atoms with van der Waals surface area (Å²) in [6, 6.07) is 26.1. The van der Waals surface area contributed by atoms with E-state index in [2.05, 4.69) is 24.4 Å². The van der Waals surface area contributed by atoms with Gasteiger partial charge in [-0.15, -0.1) is 11.8 Å². The number of nitrogens with one attached hydrogen (secondary N) is 1. The van der Waals surface area contributed by atoms with Gasteiger partial charge in [-0.2, -0.15) is 0 Å². The van der Waals surface area contributed by atoms with Crippen LogP contribution < -0.4 is 5.32 Å². The maximum atomic E-state index is 12.5. The van der Waals surface area contributed by atoms with Crippen molar-refractivity contribution in [1.29, 1.82) is 0 Å². The number of esters is 1. The molecule has 3 aromatic rings. The van der Waals surface area contributed by atoms with Crippen LogP contribution in [0.2, 0.25) is 0 Å². The molecule has 7 heteroatoms. The standard InChI is InChI=1S/C26H26N2O4S/c1-20(19-33-24-10-6-3-7-11-24)25(27-17-21-8-4-2-5-9-21)16-26(29)32-18-22-12-14-23(15-13-22)28(30)31/h2-16,20,27H,17-19H2,1H3/b25-16-. The fourth-order valence-electron chi connectivity index (χ4n) is 3.03. The lowest BCUT2D eigenvalue weighted by atomic mass is 10.1. The van der Waals surface area contributed by atoms with Crippen molar-refractivity contribution in [3.05, 3.63) is 118 Å². The second-order valence-electron chi connectivity index (χ2n) is 7.50. The number of nitro groups is 1. The molecule has 1 unspecified atom stereocenters. The molecule has 3 rings (SSSR count). The Bertz CT molecular complexity index is 1070. The van der Waals surface area contributed by atoms with Gasteiger partial charge in [0.1, 0.15) is 6.61 Å². The lowest BCUT2D eigenvalue weighted by molar-refractivity contribution is -0.384. The van der Waals surface area contributed by atoms with Gasteiger partial charge in [-0.1, -0.05) is 55.5 Å². The monoisotopic (exact) mass is 462 g/mol. The summed E-state index contributed by atoms with van der Waals surface area (Å²) >= 11 is 1.73. The third-order valence-electron chi connectivity index (χ3n) is 4.92. The first-order chi connectivity index (χ1) is 16.0. The Kier molecular flexibility index (Phi) is 9.08. The normalized spacial score (nSPS) is 12.1. The number of non-ortho nitro benzene ring substituents is 1. The molecule has 0 saturated carbocycles. The number of nitrogens with zero attached hydrogens (tertiary/aromatic N) is 1. The quantitative estimate of drug-likeness (QED) is 0.129. The molecule has 0 heterocycles. The van der Waals surface area contributed by atoms with E-state index in [4.69, 9.17) is 4.74 Å². The highest BCUT2D eigenvalue weighted by Crippen LogP contribution is 2.23. The maximum absolute atomic E-state index is 12.5. The van der Waals surface area contributed by atoms with Crippen molar-refractivity contribution in [3.63, 3.8) is 0 Å². The van der Waals surface area contributed by atoms with Crippen molar-refractivity contribution >= 4 is 23.4 Å². The molecule has 3 aromatic carbocycles. The summed E-state index contributed by atoms with van der Waals surface area (Å²) in [5, 5.41) is 14.2. The van der Waals surface area contributed by atoms with E-state index in [9.17, 15) is 14.9 Å². The van der Waals surface area contributed by atoms with Gasteiger partial charge in [0.25, 0.3) is 5.69 Å². The molecular formula is C26H26N2O4S. The second kappa shape index (κ2) is 12.5. The highest BCUT2D eigenvalue weighted by atomic mass is 32.2. The van der Waals surface area contributed by atoms with Crippen molar-refractivity contribution in [2.75, 3.05) is 5.75 Å². The molecule has 0 amide bonds. The lowest BCUT2D eigenvalue weighted by Gasteiger charge is -2.18. The number of carbonyl (C=O) groups excluding carboxylic acids is 1. The van der Waals surface area contributed by atoms with Crippen molar-refractivity contribution in [3.8, 4) is 0 Å². The number of benzene rings is 3. The van der Waals surface area contributed by atoms with E-state index in [0.29, 0.717) is 12.1 Å². The van der Waals surface area contributed by atoms with Gasteiger partial charge < -0.3 is 10.1 Å². The molecule has 0 aliphatic heterocycles. The molecule has 0 aliphatic carbocycles. The van der Waals surface area contributed by atoms with Gasteiger partial charge in [0.15, 0.2) is 0 Å². The molecule has 6 nitrogen and oxygen atoms in total. The molecule has 170 valence electrons. The molecule has 0 aliphatic rings. The number of hydrogen-bond donors (Lipinski definition) is 1. The minimum Gasteiger partial charge on any atom is -0.458 e. The zero-order chi connectivity index (χ0) is 23.5. The Morgan fingerprint density at radius 2 is 1.64 bits per heavy atom. The summed E-state index contributed by atoms with van der Waals surface area (Å²) in [7, 11) is 0. The Hall–Kier alpha value is -3.58. The molecular weight excluding hydrogens is 436 g/mol. The lowest BCUT2D eigenvalue weighted by Crippen LogP contribution is -2.21. The van der Waals surface area contributed by atoms with E-state index >= 15 is 0 Å². The first kappa shape index (κ1) is 24.1. The molecule has 0 aromatic heterocycles. The van der Waals surface area contributed by atoms with Crippen LogP contribution in [-0.4, -0.2) is 16.6 Å². The fourth-order valence-corrected chi connectivity index (χ4v) is 4.00. The number of thioether (sulfide) groups is 1. The van der Waals surface area contributed by atoms with Crippen molar-refractivity contribution in [1.82, 2.24) is 5.32 Å². The van der Waals surface area contributed by atoms with Crippen molar-refractivity contribution < 1.29 is 14.5 Å². The molecule has 0 spiro atoms. The van der Waals surface area contributed by atoms with Gasteiger partial charge in [-0.05, 0) is 35.4 Å². The largest absolute Gasteiger partial charge is 0.458 e. The van der Waals surface area contributed by atoms with Crippen LogP contribution in [0.15, 0.2) is 102 Å². The van der Waals surface area contributed by atoms with E-state index in [1.54, 1.807) is 23.9 Å². The van der Waals surface area contributed by atoms with Crippen LogP contribution in [0.4, 0.5) is 5.69 Å². The Morgan fingerprint density at radius 1 is 1.00 bits per heavy atom. The number of rotatable bonds is 11. The summed E-state index contributed by atoms with van der Waals surface area (Å²) in [6.07, 6.45) is 1.50. The minimum atomic E-state index is -0.460. The number of hydrogen-bond acceptors (Lipinski definition) is 6.